The molecule has 2 aromatic rings. The van der Waals surface area contributed by atoms with Crippen LogP contribution in [0.1, 0.15) is 23.6 Å². The summed E-state index contributed by atoms with van der Waals surface area (Å²) in [6, 6.07) is 18.6. The Morgan fingerprint density at radius 2 is 1.57 bits per heavy atom. The molecule has 0 fully saturated rings. The first kappa shape index (κ1) is 24.4. The lowest BCUT2D eigenvalue weighted by atomic mass is 10.1. The number of benzene rings is 2. The van der Waals surface area contributed by atoms with Crippen LogP contribution in [0.3, 0.4) is 0 Å². The molecular weight excluding hydrogens is 465 g/mol. The Labute approximate surface area is 186 Å². The van der Waals surface area contributed by atoms with Gasteiger partial charge in [0, 0.05) is 27.2 Å². The lowest BCUT2D eigenvalue weighted by Crippen LogP contribution is -2.39. The minimum atomic E-state index is 0. The molecule has 0 aliphatic heterocycles. The maximum absolute atomic E-state index is 5.80. The first-order valence-corrected chi connectivity index (χ1v) is 9.34. The minimum Gasteiger partial charge on any atom is -0.380 e. The van der Waals surface area contributed by atoms with Crippen LogP contribution >= 0.6 is 24.0 Å². The molecule has 1 unspecified atom stereocenters. The monoisotopic (exact) mass is 497 g/mol. The Bertz CT molecular complexity index is 678. The van der Waals surface area contributed by atoms with Crippen LogP contribution in [-0.4, -0.2) is 33.3 Å². The zero-order valence-corrected chi connectivity index (χ0v) is 19.3. The van der Waals surface area contributed by atoms with E-state index < -0.39 is 0 Å². The summed E-state index contributed by atoms with van der Waals surface area (Å²) >= 11 is 0. The highest BCUT2D eigenvalue weighted by molar-refractivity contribution is 14.0. The van der Waals surface area contributed by atoms with Crippen molar-refractivity contribution in [2.75, 3.05) is 27.3 Å². The first-order valence-electron chi connectivity index (χ1n) is 9.34. The number of aliphatic imine (C=N–C) groups is 1. The van der Waals surface area contributed by atoms with E-state index in [1.165, 1.54) is 16.7 Å². The van der Waals surface area contributed by atoms with Crippen LogP contribution in [0, 0.1) is 5.92 Å². The fraction of sp³-hybridized carbons (Fsp3) is 0.409. The molecule has 0 bridgehead atoms. The zero-order valence-electron chi connectivity index (χ0n) is 17.0. The molecule has 1 atom stereocenters. The lowest BCUT2D eigenvalue weighted by molar-refractivity contribution is 0.0931. The maximum Gasteiger partial charge on any atom is 0.191 e. The average Bonchev–Trinajstić information content (AvgIpc) is 2.70. The fourth-order valence-electron chi connectivity index (χ4n) is 2.61. The van der Waals surface area contributed by atoms with Gasteiger partial charge >= 0.3 is 0 Å². The third-order valence-corrected chi connectivity index (χ3v) is 4.15. The number of nitrogens with zero attached hydrogens (tertiary/aromatic N) is 1. The molecule has 154 valence electrons. The van der Waals surface area contributed by atoms with Crippen LogP contribution in [0.5, 0.6) is 0 Å². The third kappa shape index (κ3) is 9.52. The van der Waals surface area contributed by atoms with Crippen molar-refractivity contribution >= 4 is 29.9 Å². The number of hydrogen-bond donors (Lipinski definition) is 2. The van der Waals surface area contributed by atoms with Gasteiger partial charge in [-0.15, -0.1) is 24.0 Å². The predicted octanol–water partition coefficient (Wildman–Crippen LogP) is 3.97. The smallest absolute Gasteiger partial charge is 0.191 e. The van der Waals surface area contributed by atoms with E-state index in [1.807, 2.05) is 18.2 Å². The number of rotatable bonds is 10. The Morgan fingerprint density at radius 3 is 2.21 bits per heavy atom. The topological polar surface area (TPSA) is 54.9 Å². The molecule has 2 N–H and O–H groups in total. The molecule has 2 aromatic carbocycles. The zero-order chi connectivity index (χ0) is 19.3. The van der Waals surface area contributed by atoms with Gasteiger partial charge in [0.2, 0.25) is 0 Å². The van der Waals surface area contributed by atoms with Crippen molar-refractivity contribution in [2.45, 2.75) is 26.7 Å². The molecule has 0 aliphatic rings. The van der Waals surface area contributed by atoms with Crippen LogP contribution < -0.4 is 10.6 Å². The molecule has 0 saturated heterocycles. The number of ether oxygens (including phenoxy) is 2. The molecule has 0 amide bonds. The summed E-state index contributed by atoms with van der Waals surface area (Å²) in [5, 5.41) is 6.70. The molecule has 0 aromatic heterocycles. The summed E-state index contributed by atoms with van der Waals surface area (Å²) in [6.07, 6.45) is 0. The highest BCUT2D eigenvalue weighted by atomic mass is 127. The molecule has 6 heteroatoms. The van der Waals surface area contributed by atoms with Crippen molar-refractivity contribution in [2.24, 2.45) is 10.9 Å². The third-order valence-electron chi connectivity index (χ3n) is 4.15. The molecule has 0 spiro atoms. The molecule has 0 radical (unpaired) electrons. The average molecular weight is 497 g/mol. The largest absolute Gasteiger partial charge is 0.380 e. The minimum absolute atomic E-state index is 0. The van der Waals surface area contributed by atoms with Gasteiger partial charge in [-0.05, 0) is 22.6 Å². The van der Waals surface area contributed by atoms with Gasteiger partial charge in [-0.3, -0.25) is 4.99 Å². The van der Waals surface area contributed by atoms with Crippen LogP contribution in [0.4, 0.5) is 0 Å². The van der Waals surface area contributed by atoms with E-state index in [0.29, 0.717) is 25.7 Å². The van der Waals surface area contributed by atoms with E-state index in [2.05, 4.69) is 58.9 Å². The van der Waals surface area contributed by atoms with Crippen LogP contribution in [-0.2, 0) is 29.2 Å². The summed E-state index contributed by atoms with van der Waals surface area (Å²) in [4.78, 5) is 4.28. The van der Waals surface area contributed by atoms with E-state index in [4.69, 9.17) is 9.47 Å². The summed E-state index contributed by atoms with van der Waals surface area (Å²) in [5.41, 5.74) is 3.58. The van der Waals surface area contributed by atoms with Crippen molar-refractivity contribution in [1.29, 1.82) is 0 Å². The Morgan fingerprint density at radius 1 is 0.929 bits per heavy atom. The molecule has 28 heavy (non-hydrogen) atoms. The molecular formula is C22H32IN3O2. The molecule has 0 saturated carbocycles. The van der Waals surface area contributed by atoms with Gasteiger partial charge in [0.15, 0.2) is 5.96 Å². The van der Waals surface area contributed by atoms with Crippen molar-refractivity contribution in [1.82, 2.24) is 10.6 Å². The maximum atomic E-state index is 5.80. The van der Waals surface area contributed by atoms with Crippen molar-refractivity contribution in [3.05, 3.63) is 71.3 Å². The predicted molar refractivity (Wildman–Crippen MR) is 126 cm³/mol. The van der Waals surface area contributed by atoms with Crippen LogP contribution in [0.15, 0.2) is 59.6 Å². The van der Waals surface area contributed by atoms with Gasteiger partial charge < -0.3 is 20.1 Å². The molecule has 5 nitrogen and oxygen atoms in total. The number of halogens is 1. The number of nitrogens with one attached hydrogen (secondary N) is 2. The molecule has 0 aliphatic carbocycles. The van der Waals surface area contributed by atoms with E-state index in [1.54, 1.807) is 14.2 Å². The molecule has 2 rings (SSSR count). The normalized spacial score (nSPS) is 12.2. The number of methoxy groups -OCH3 is 1. The van der Waals surface area contributed by atoms with E-state index in [-0.39, 0.29) is 24.0 Å². The Kier molecular flexibility index (Phi) is 12.5. The Balaban J connectivity index is 0.00000392. The fourth-order valence-corrected chi connectivity index (χ4v) is 2.61. The first-order chi connectivity index (χ1) is 13.2. The second-order valence-electron chi connectivity index (χ2n) is 6.66. The standard InChI is InChI=1S/C22H31N3O2.HI/c1-18(15-27-17-20-7-5-4-6-8-20)13-24-22(23-2)25-14-19-9-11-21(12-10-19)16-26-3;/h4-12,18H,13-17H2,1-3H3,(H2,23,24,25);1H. The lowest BCUT2D eigenvalue weighted by Gasteiger charge is -2.16. The highest BCUT2D eigenvalue weighted by Crippen LogP contribution is 2.05. The van der Waals surface area contributed by atoms with E-state index in [9.17, 15) is 0 Å². The van der Waals surface area contributed by atoms with Crippen molar-refractivity contribution in [3.63, 3.8) is 0 Å². The van der Waals surface area contributed by atoms with Gasteiger partial charge in [0.05, 0.1) is 19.8 Å². The van der Waals surface area contributed by atoms with Gasteiger partial charge in [0.25, 0.3) is 0 Å². The summed E-state index contributed by atoms with van der Waals surface area (Å²) in [6.45, 7) is 5.70. The SMILES string of the molecule is CN=C(NCc1ccc(COC)cc1)NCC(C)COCc1ccccc1.I. The summed E-state index contributed by atoms with van der Waals surface area (Å²) in [5.74, 6) is 1.19. The second kappa shape index (κ2) is 14.4. The van der Waals surface area contributed by atoms with Crippen molar-refractivity contribution < 1.29 is 9.47 Å². The van der Waals surface area contributed by atoms with Crippen LogP contribution in [0.25, 0.3) is 0 Å². The van der Waals surface area contributed by atoms with E-state index >= 15 is 0 Å². The number of guanidine groups is 1. The van der Waals surface area contributed by atoms with Gasteiger partial charge in [-0.25, -0.2) is 0 Å². The van der Waals surface area contributed by atoms with Gasteiger partial charge in [-0.2, -0.15) is 0 Å². The highest BCUT2D eigenvalue weighted by Gasteiger charge is 2.05. The Hall–Kier alpha value is -1.64. The summed E-state index contributed by atoms with van der Waals surface area (Å²) < 4.78 is 10.9. The van der Waals surface area contributed by atoms with Crippen molar-refractivity contribution in [3.8, 4) is 0 Å². The quantitative estimate of drug-likeness (QED) is 0.297. The van der Waals surface area contributed by atoms with E-state index in [0.717, 1.165) is 19.0 Å². The van der Waals surface area contributed by atoms with Crippen LogP contribution in [0.2, 0.25) is 0 Å². The molecule has 0 heterocycles. The number of hydrogen-bond acceptors (Lipinski definition) is 3. The van der Waals surface area contributed by atoms with Gasteiger partial charge in [0.1, 0.15) is 0 Å². The second-order valence-corrected chi connectivity index (χ2v) is 6.66. The van der Waals surface area contributed by atoms with Gasteiger partial charge in [-0.1, -0.05) is 61.5 Å². The summed E-state index contributed by atoms with van der Waals surface area (Å²) in [7, 11) is 3.49.